The molecule has 78 valence electrons. The second-order valence-corrected chi connectivity index (χ2v) is 4.11. The Kier molecular flexibility index (Phi) is 3.39. The van der Waals surface area contributed by atoms with E-state index in [0.29, 0.717) is 17.8 Å². The molecule has 0 aliphatic rings. The lowest BCUT2D eigenvalue weighted by molar-refractivity contribution is 0.475. The molecule has 0 aliphatic heterocycles. The average Bonchev–Trinajstić information content (AvgIpc) is 2.07. The highest BCUT2D eigenvalue weighted by molar-refractivity contribution is 5.50. The Labute approximate surface area is 86.2 Å². The molecule has 2 nitrogen and oxygen atoms in total. The van der Waals surface area contributed by atoms with Gasteiger partial charge in [-0.15, -0.1) is 0 Å². The molecule has 0 bridgehead atoms. The number of hydrogen-bond acceptors (Lipinski definition) is 2. The van der Waals surface area contributed by atoms with E-state index in [1.165, 1.54) is 0 Å². The molecule has 0 atom stereocenters. The number of rotatable bonds is 3. The molecule has 14 heavy (non-hydrogen) atoms. The third kappa shape index (κ3) is 2.41. The normalized spacial score (nSPS) is 11.0. The Balaban J connectivity index is 2.94. The molecule has 0 fully saturated rings. The molecule has 0 spiro atoms. The minimum Gasteiger partial charge on any atom is -0.508 e. The van der Waals surface area contributed by atoms with Crippen LogP contribution in [-0.2, 0) is 0 Å². The number of nitrogens with zero attached hydrogens (tertiary/aromatic N) is 1. The van der Waals surface area contributed by atoms with Crippen molar-refractivity contribution in [2.45, 2.75) is 39.8 Å². The summed E-state index contributed by atoms with van der Waals surface area (Å²) in [5.74, 6) is 0.321. The van der Waals surface area contributed by atoms with Crippen molar-refractivity contribution in [2.75, 3.05) is 4.90 Å². The van der Waals surface area contributed by atoms with Crippen LogP contribution >= 0.6 is 0 Å². The molecule has 1 aromatic rings. The maximum Gasteiger partial charge on any atom is 0.115 e. The largest absolute Gasteiger partial charge is 0.508 e. The van der Waals surface area contributed by atoms with E-state index in [4.69, 9.17) is 0 Å². The van der Waals surface area contributed by atoms with E-state index in [9.17, 15) is 5.11 Å². The van der Waals surface area contributed by atoms with Gasteiger partial charge in [0.15, 0.2) is 0 Å². The lowest BCUT2D eigenvalue weighted by atomic mass is 10.2. The van der Waals surface area contributed by atoms with Crippen LogP contribution in [0.3, 0.4) is 0 Å². The Hall–Kier alpha value is -1.18. The lowest BCUT2D eigenvalue weighted by Gasteiger charge is -2.33. The van der Waals surface area contributed by atoms with Gasteiger partial charge in [0.05, 0.1) is 0 Å². The molecule has 0 aromatic heterocycles. The first kappa shape index (κ1) is 10.9. The van der Waals surface area contributed by atoms with Gasteiger partial charge in [-0.1, -0.05) is 0 Å². The summed E-state index contributed by atoms with van der Waals surface area (Å²) >= 11 is 0. The molecule has 1 aromatic carbocycles. The first-order valence-electron chi connectivity index (χ1n) is 5.09. The summed E-state index contributed by atoms with van der Waals surface area (Å²) < 4.78 is 0. The van der Waals surface area contributed by atoms with E-state index < -0.39 is 0 Å². The zero-order valence-electron chi connectivity index (χ0n) is 9.36. The van der Waals surface area contributed by atoms with Crippen molar-refractivity contribution in [1.82, 2.24) is 0 Å². The van der Waals surface area contributed by atoms with Gasteiger partial charge >= 0.3 is 0 Å². The Bertz CT molecular complexity index is 269. The van der Waals surface area contributed by atoms with Crippen molar-refractivity contribution in [3.63, 3.8) is 0 Å². The fourth-order valence-corrected chi connectivity index (χ4v) is 1.82. The molecule has 0 aliphatic carbocycles. The van der Waals surface area contributed by atoms with Gasteiger partial charge in [-0.25, -0.2) is 0 Å². The van der Waals surface area contributed by atoms with Gasteiger partial charge in [-0.05, 0) is 52.0 Å². The Morgan fingerprint density at radius 2 is 1.36 bits per heavy atom. The fourth-order valence-electron chi connectivity index (χ4n) is 1.82. The third-order valence-corrected chi connectivity index (χ3v) is 2.26. The second kappa shape index (κ2) is 4.36. The second-order valence-electron chi connectivity index (χ2n) is 4.11. The number of phenolic OH excluding ortho intramolecular Hbond substituents is 1. The summed E-state index contributed by atoms with van der Waals surface area (Å²) in [5.41, 5.74) is 1.16. The highest BCUT2D eigenvalue weighted by atomic mass is 16.3. The van der Waals surface area contributed by atoms with Crippen molar-refractivity contribution < 1.29 is 5.11 Å². The number of anilines is 1. The lowest BCUT2D eigenvalue weighted by Crippen LogP contribution is -2.36. The average molecular weight is 193 g/mol. The summed E-state index contributed by atoms with van der Waals surface area (Å²) in [7, 11) is 0. The zero-order chi connectivity index (χ0) is 10.7. The van der Waals surface area contributed by atoms with E-state index >= 15 is 0 Å². The van der Waals surface area contributed by atoms with Crippen LogP contribution in [0.4, 0.5) is 5.69 Å². The minimum absolute atomic E-state index is 0.321. The van der Waals surface area contributed by atoms with E-state index in [1.807, 2.05) is 12.1 Å². The van der Waals surface area contributed by atoms with Gasteiger partial charge < -0.3 is 10.0 Å². The zero-order valence-corrected chi connectivity index (χ0v) is 9.36. The topological polar surface area (TPSA) is 23.5 Å². The fraction of sp³-hybridized carbons (Fsp3) is 0.500. The summed E-state index contributed by atoms with van der Waals surface area (Å²) in [6.45, 7) is 8.69. The van der Waals surface area contributed by atoms with Crippen molar-refractivity contribution in [3.8, 4) is 5.75 Å². The standard InChI is InChI=1S/C12H19NO/c1-9(2)13(10(3)4)11-5-7-12(14)8-6-11/h5-10,14H,1-4H3. The highest BCUT2D eigenvalue weighted by Gasteiger charge is 2.13. The van der Waals surface area contributed by atoms with Crippen LogP contribution in [0.25, 0.3) is 0 Å². The molecule has 0 unspecified atom stereocenters. The molecular formula is C12H19NO. The van der Waals surface area contributed by atoms with Gasteiger partial charge in [0, 0.05) is 17.8 Å². The van der Waals surface area contributed by atoms with Crippen molar-refractivity contribution in [3.05, 3.63) is 24.3 Å². The molecular weight excluding hydrogens is 174 g/mol. The summed E-state index contributed by atoms with van der Waals surface area (Å²) in [6, 6.07) is 8.31. The van der Waals surface area contributed by atoms with E-state index in [0.717, 1.165) is 5.69 Å². The van der Waals surface area contributed by atoms with Crippen molar-refractivity contribution in [1.29, 1.82) is 0 Å². The van der Waals surface area contributed by atoms with Crippen LogP contribution in [0, 0.1) is 0 Å². The van der Waals surface area contributed by atoms with Gasteiger partial charge in [0.25, 0.3) is 0 Å². The van der Waals surface area contributed by atoms with E-state index in [1.54, 1.807) is 12.1 Å². The number of benzene rings is 1. The Morgan fingerprint density at radius 3 is 1.71 bits per heavy atom. The summed E-state index contributed by atoms with van der Waals surface area (Å²) in [5, 5.41) is 9.20. The predicted molar refractivity (Wildman–Crippen MR) is 60.9 cm³/mol. The van der Waals surface area contributed by atoms with E-state index in [2.05, 4.69) is 32.6 Å². The van der Waals surface area contributed by atoms with E-state index in [-0.39, 0.29) is 0 Å². The number of aromatic hydroxyl groups is 1. The molecule has 0 saturated heterocycles. The third-order valence-electron chi connectivity index (χ3n) is 2.26. The van der Waals surface area contributed by atoms with Crippen LogP contribution < -0.4 is 4.90 Å². The quantitative estimate of drug-likeness (QED) is 0.797. The monoisotopic (exact) mass is 193 g/mol. The molecule has 0 radical (unpaired) electrons. The maximum atomic E-state index is 9.20. The van der Waals surface area contributed by atoms with Crippen LogP contribution in [0.15, 0.2) is 24.3 Å². The maximum absolute atomic E-state index is 9.20. The van der Waals surface area contributed by atoms with Gasteiger partial charge in [0.2, 0.25) is 0 Å². The van der Waals surface area contributed by atoms with Crippen LogP contribution in [-0.4, -0.2) is 17.2 Å². The minimum atomic E-state index is 0.321. The van der Waals surface area contributed by atoms with Crippen LogP contribution in [0.2, 0.25) is 0 Å². The first-order valence-corrected chi connectivity index (χ1v) is 5.09. The molecule has 0 heterocycles. The molecule has 0 amide bonds. The Morgan fingerprint density at radius 1 is 0.929 bits per heavy atom. The predicted octanol–water partition coefficient (Wildman–Crippen LogP) is 3.02. The summed E-state index contributed by atoms with van der Waals surface area (Å²) in [4.78, 5) is 2.32. The van der Waals surface area contributed by atoms with Crippen LogP contribution in [0.1, 0.15) is 27.7 Å². The van der Waals surface area contributed by atoms with Gasteiger partial charge in [-0.2, -0.15) is 0 Å². The van der Waals surface area contributed by atoms with Gasteiger partial charge in [0.1, 0.15) is 5.75 Å². The molecule has 2 heteroatoms. The van der Waals surface area contributed by atoms with Crippen molar-refractivity contribution >= 4 is 5.69 Å². The number of hydrogen-bond donors (Lipinski definition) is 1. The summed E-state index contributed by atoms with van der Waals surface area (Å²) in [6.07, 6.45) is 0. The first-order chi connectivity index (χ1) is 6.52. The molecule has 1 rings (SSSR count). The van der Waals surface area contributed by atoms with Crippen molar-refractivity contribution in [2.24, 2.45) is 0 Å². The molecule has 0 saturated carbocycles. The van der Waals surface area contributed by atoms with Gasteiger partial charge in [-0.3, -0.25) is 0 Å². The molecule has 1 N–H and O–H groups in total. The van der Waals surface area contributed by atoms with Crippen LogP contribution in [0.5, 0.6) is 5.75 Å². The SMILES string of the molecule is CC(C)N(c1ccc(O)cc1)C(C)C. The highest BCUT2D eigenvalue weighted by Crippen LogP contribution is 2.22. The number of phenols is 1. The smallest absolute Gasteiger partial charge is 0.115 e.